The molecule has 3 fully saturated rings. The average Bonchev–Trinajstić information content (AvgIpc) is 3.16. The lowest BCUT2D eigenvalue weighted by Crippen LogP contribution is -2.47. The van der Waals surface area contributed by atoms with Crippen molar-refractivity contribution in [2.24, 2.45) is 17.8 Å². The third-order valence-corrected chi connectivity index (χ3v) is 6.85. The molecule has 0 radical (unpaired) electrons. The van der Waals surface area contributed by atoms with Crippen LogP contribution in [0.15, 0.2) is 18.2 Å². The van der Waals surface area contributed by atoms with Crippen LogP contribution >= 0.6 is 0 Å². The molecule has 0 aromatic carbocycles. The number of rotatable bonds is 4. The minimum atomic E-state index is -0.00746. The molecular weight excluding hydrogens is 350 g/mol. The monoisotopic (exact) mass is 383 g/mol. The number of likely N-dealkylation sites (tertiary alicyclic amines) is 1. The van der Waals surface area contributed by atoms with Crippen LogP contribution in [0.25, 0.3) is 0 Å². The smallest absolute Gasteiger partial charge is 0.272 e. The zero-order chi connectivity index (χ0) is 19.7. The lowest BCUT2D eigenvalue weighted by Gasteiger charge is -2.30. The molecule has 3 atom stereocenters. The summed E-state index contributed by atoms with van der Waals surface area (Å²) < 4.78 is 0. The molecule has 2 aliphatic carbocycles. The molecule has 5 nitrogen and oxygen atoms in total. The van der Waals surface area contributed by atoms with E-state index in [2.05, 4.69) is 24.1 Å². The summed E-state index contributed by atoms with van der Waals surface area (Å²) in [7, 11) is 0. The Morgan fingerprint density at radius 1 is 1.07 bits per heavy atom. The van der Waals surface area contributed by atoms with E-state index in [9.17, 15) is 9.59 Å². The average molecular weight is 384 g/mol. The normalized spacial score (nSPS) is 29.8. The lowest BCUT2D eigenvalue weighted by atomic mass is 10.0. The predicted octanol–water partition coefficient (Wildman–Crippen LogP) is 3.75. The summed E-state index contributed by atoms with van der Waals surface area (Å²) in [5.41, 5.74) is 1.47. The second-order valence-corrected chi connectivity index (χ2v) is 9.19. The largest absolute Gasteiger partial charge is 0.351 e. The van der Waals surface area contributed by atoms with E-state index in [1.165, 1.54) is 19.3 Å². The van der Waals surface area contributed by atoms with E-state index in [0.717, 1.165) is 37.9 Å². The molecule has 2 heterocycles. The predicted molar refractivity (Wildman–Crippen MR) is 109 cm³/mol. The SMILES string of the molecule is CC(C)c1cccc(C(=O)N2CCCCCC(NC(=O)C3C4CCCC43)C2)n1. The number of hydrogen-bond acceptors (Lipinski definition) is 3. The molecule has 3 aliphatic rings. The fraction of sp³-hybridized carbons (Fsp3) is 0.696. The van der Waals surface area contributed by atoms with Gasteiger partial charge in [-0.1, -0.05) is 39.2 Å². The van der Waals surface area contributed by atoms with Gasteiger partial charge in [-0.15, -0.1) is 0 Å². The Morgan fingerprint density at radius 2 is 1.86 bits per heavy atom. The summed E-state index contributed by atoms with van der Waals surface area (Å²) in [6.45, 7) is 5.52. The summed E-state index contributed by atoms with van der Waals surface area (Å²) >= 11 is 0. The Hall–Kier alpha value is -1.91. The fourth-order valence-electron chi connectivity index (χ4n) is 5.18. The van der Waals surface area contributed by atoms with Gasteiger partial charge in [-0.3, -0.25) is 9.59 Å². The lowest BCUT2D eigenvalue weighted by molar-refractivity contribution is -0.124. The summed E-state index contributed by atoms with van der Waals surface area (Å²) in [5.74, 6) is 2.03. The summed E-state index contributed by atoms with van der Waals surface area (Å²) in [6, 6.07) is 5.77. The van der Waals surface area contributed by atoms with Crippen LogP contribution in [-0.4, -0.2) is 40.8 Å². The Kier molecular flexibility index (Phi) is 5.70. The van der Waals surface area contributed by atoms with Crippen molar-refractivity contribution in [3.05, 3.63) is 29.6 Å². The third-order valence-electron chi connectivity index (χ3n) is 6.85. The molecule has 4 rings (SSSR count). The molecule has 0 bridgehead atoms. The first-order chi connectivity index (χ1) is 13.5. The number of aromatic nitrogens is 1. The number of pyridine rings is 1. The maximum Gasteiger partial charge on any atom is 0.272 e. The molecule has 28 heavy (non-hydrogen) atoms. The van der Waals surface area contributed by atoms with Gasteiger partial charge < -0.3 is 10.2 Å². The summed E-state index contributed by atoms with van der Waals surface area (Å²) in [6.07, 6.45) is 7.91. The Bertz CT molecular complexity index is 722. The molecule has 1 aromatic heterocycles. The van der Waals surface area contributed by atoms with Gasteiger partial charge in [-0.2, -0.15) is 0 Å². The molecular formula is C23H33N3O2. The summed E-state index contributed by atoms with van der Waals surface area (Å²) in [4.78, 5) is 32.3. The van der Waals surface area contributed by atoms with Crippen LogP contribution in [0.1, 0.15) is 80.9 Å². The number of hydrogen-bond donors (Lipinski definition) is 1. The van der Waals surface area contributed by atoms with Crippen molar-refractivity contribution >= 4 is 11.8 Å². The zero-order valence-electron chi connectivity index (χ0n) is 17.2. The maximum absolute atomic E-state index is 13.1. The topological polar surface area (TPSA) is 62.3 Å². The fourth-order valence-corrected chi connectivity index (χ4v) is 5.18. The Balaban J connectivity index is 1.41. The van der Waals surface area contributed by atoms with E-state index in [1.807, 2.05) is 23.1 Å². The number of carbonyl (C=O) groups is 2. The van der Waals surface area contributed by atoms with Gasteiger partial charge in [-0.25, -0.2) is 4.98 Å². The van der Waals surface area contributed by atoms with E-state index in [1.54, 1.807) is 0 Å². The first kappa shape index (κ1) is 19.4. The highest BCUT2D eigenvalue weighted by Crippen LogP contribution is 2.57. The van der Waals surface area contributed by atoms with Gasteiger partial charge >= 0.3 is 0 Å². The second-order valence-electron chi connectivity index (χ2n) is 9.19. The quantitative estimate of drug-likeness (QED) is 0.861. The van der Waals surface area contributed by atoms with E-state index in [-0.39, 0.29) is 23.8 Å². The molecule has 3 unspecified atom stereocenters. The highest BCUT2D eigenvalue weighted by atomic mass is 16.2. The van der Waals surface area contributed by atoms with Gasteiger partial charge in [0.1, 0.15) is 5.69 Å². The highest BCUT2D eigenvalue weighted by molar-refractivity contribution is 5.92. The van der Waals surface area contributed by atoms with Crippen molar-refractivity contribution < 1.29 is 9.59 Å². The van der Waals surface area contributed by atoms with Crippen LogP contribution in [0.5, 0.6) is 0 Å². The van der Waals surface area contributed by atoms with Crippen LogP contribution in [-0.2, 0) is 4.79 Å². The maximum atomic E-state index is 13.1. The van der Waals surface area contributed by atoms with Crippen molar-refractivity contribution in [1.82, 2.24) is 15.2 Å². The minimum absolute atomic E-state index is 0.00746. The van der Waals surface area contributed by atoms with Crippen molar-refractivity contribution in [3.8, 4) is 0 Å². The van der Waals surface area contributed by atoms with Crippen molar-refractivity contribution in [2.75, 3.05) is 13.1 Å². The van der Waals surface area contributed by atoms with Crippen molar-refractivity contribution in [1.29, 1.82) is 0 Å². The van der Waals surface area contributed by atoms with E-state index in [0.29, 0.717) is 30.0 Å². The van der Waals surface area contributed by atoms with Crippen molar-refractivity contribution in [2.45, 2.75) is 70.8 Å². The van der Waals surface area contributed by atoms with Crippen LogP contribution in [0.4, 0.5) is 0 Å². The number of carbonyl (C=O) groups excluding carboxylic acids is 2. The van der Waals surface area contributed by atoms with E-state index >= 15 is 0 Å². The van der Waals surface area contributed by atoms with Gasteiger partial charge in [0.15, 0.2) is 0 Å². The molecule has 2 saturated carbocycles. The second kappa shape index (κ2) is 8.22. The van der Waals surface area contributed by atoms with Crippen LogP contribution in [0.2, 0.25) is 0 Å². The van der Waals surface area contributed by atoms with Gasteiger partial charge in [0.2, 0.25) is 5.91 Å². The zero-order valence-corrected chi connectivity index (χ0v) is 17.2. The Labute approximate surface area is 168 Å². The minimum Gasteiger partial charge on any atom is -0.351 e. The van der Waals surface area contributed by atoms with Crippen LogP contribution in [0, 0.1) is 17.8 Å². The van der Waals surface area contributed by atoms with E-state index in [4.69, 9.17) is 0 Å². The van der Waals surface area contributed by atoms with Gasteiger partial charge in [0.25, 0.3) is 5.91 Å². The number of nitrogens with one attached hydrogen (secondary N) is 1. The number of nitrogens with zero attached hydrogens (tertiary/aromatic N) is 2. The molecule has 1 aromatic rings. The number of fused-ring (bicyclic) bond motifs is 1. The standard InChI is InChI=1S/C23H33N3O2/c1-15(2)19-11-7-12-20(25-19)23(28)26-13-5-3-4-8-16(14-26)24-22(27)21-17-9-6-10-18(17)21/h7,11-12,15-18,21H,3-6,8-10,13-14H2,1-2H3,(H,24,27). The molecule has 152 valence electrons. The van der Waals surface area contributed by atoms with Gasteiger partial charge in [0, 0.05) is 30.7 Å². The first-order valence-electron chi connectivity index (χ1n) is 11.1. The van der Waals surface area contributed by atoms with Crippen LogP contribution < -0.4 is 5.32 Å². The van der Waals surface area contributed by atoms with Gasteiger partial charge in [0.05, 0.1) is 0 Å². The molecule has 5 heteroatoms. The highest BCUT2D eigenvalue weighted by Gasteiger charge is 2.56. The van der Waals surface area contributed by atoms with Crippen molar-refractivity contribution in [3.63, 3.8) is 0 Å². The first-order valence-corrected chi connectivity index (χ1v) is 11.1. The third kappa shape index (κ3) is 4.08. The molecule has 1 saturated heterocycles. The summed E-state index contributed by atoms with van der Waals surface area (Å²) in [5, 5.41) is 3.29. The Morgan fingerprint density at radius 3 is 2.61 bits per heavy atom. The number of amides is 2. The van der Waals surface area contributed by atoms with Gasteiger partial charge in [-0.05, 0) is 55.6 Å². The molecule has 1 aliphatic heterocycles. The van der Waals surface area contributed by atoms with E-state index < -0.39 is 0 Å². The molecule has 0 spiro atoms. The molecule has 2 amide bonds. The van der Waals surface area contributed by atoms with Crippen LogP contribution in [0.3, 0.4) is 0 Å². The molecule has 1 N–H and O–H groups in total.